The molecule has 1 aromatic rings. The van der Waals surface area contributed by atoms with Gasteiger partial charge in [0, 0.05) is 30.8 Å². The minimum atomic E-state index is -2.96. The molecule has 1 aromatic carbocycles. The van der Waals surface area contributed by atoms with Gasteiger partial charge in [-0.3, -0.25) is 4.90 Å². The molecule has 0 radical (unpaired) electrons. The van der Waals surface area contributed by atoms with E-state index >= 15 is 0 Å². The molecule has 2 fully saturated rings. The zero-order valence-electron chi connectivity index (χ0n) is 13.6. The maximum absolute atomic E-state index is 11.8. The number of aliphatic hydroxyl groups excluding tert-OH is 1. The maximum Gasteiger partial charge on any atom is 0.151 e. The standard InChI is InChI=1S/C17H24ClNO4S/c18-14-5-3-13(4-6-14)17(20)11-19(10-16-2-1-8-23-16)15-7-9-24(21,22)12-15/h3-6,15-17,20H,1-2,7-12H2/t15?,16?,17-/m1/s1. The van der Waals surface area contributed by atoms with Gasteiger partial charge in [-0.25, -0.2) is 8.42 Å². The van der Waals surface area contributed by atoms with E-state index in [9.17, 15) is 13.5 Å². The van der Waals surface area contributed by atoms with E-state index in [1.54, 1.807) is 12.1 Å². The van der Waals surface area contributed by atoms with Gasteiger partial charge < -0.3 is 9.84 Å². The van der Waals surface area contributed by atoms with Crippen LogP contribution in [0, 0.1) is 0 Å². The van der Waals surface area contributed by atoms with Crippen molar-refractivity contribution in [3.8, 4) is 0 Å². The molecule has 0 aromatic heterocycles. The molecular formula is C17H24ClNO4S. The Morgan fingerprint density at radius 3 is 2.62 bits per heavy atom. The first-order valence-electron chi connectivity index (χ1n) is 8.42. The Kier molecular flexibility index (Phi) is 5.82. The van der Waals surface area contributed by atoms with Crippen LogP contribution in [0.4, 0.5) is 0 Å². The van der Waals surface area contributed by atoms with Crippen LogP contribution in [0.25, 0.3) is 0 Å². The van der Waals surface area contributed by atoms with Gasteiger partial charge in [0.25, 0.3) is 0 Å². The van der Waals surface area contributed by atoms with Crippen LogP contribution in [-0.4, -0.2) is 61.8 Å². The third-order valence-corrected chi connectivity index (χ3v) is 6.85. The number of hydrogen-bond acceptors (Lipinski definition) is 5. The first-order chi connectivity index (χ1) is 11.4. The molecule has 3 rings (SSSR count). The van der Waals surface area contributed by atoms with Crippen molar-refractivity contribution in [3.63, 3.8) is 0 Å². The summed E-state index contributed by atoms with van der Waals surface area (Å²) in [6, 6.07) is 7.08. The molecule has 0 saturated carbocycles. The van der Waals surface area contributed by atoms with E-state index in [1.165, 1.54) is 0 Å². The van der Waals surface area contributed by atoms with Gasteiger partial charge >= 0.3 is 0 Å². The van der Waals surface area contributed by atoms with Crippen molar-refractivity contribution in [3.05, 3.63) is 34.9 Å². The van der Waals surface area contributed by atoms with Gasteiger partial charge in [0.15, 0.2) is 9.84 Å². The second-order valence-corrected chi connectivity index (χ2v) is 9.38. The largest absolute Gasteiger partial charge is 0.387 e. The minimum absolute atomic E-state index is 0.0406. The average Bonchev–Trinajstić information content (AvgIpc) is 3.16. The molecule has 0 bridgehead atoms. The van der Waals surface area contributed by atoms with Crippen molar-refractivity contribution in [2.24, 2.45) is 0 Å². The normalized spacial score (nSPS) is 27.6. The average molecular weight is 374 g/mol. The number of halogens is 1. The highest BCUT2D eigenvalue weighted by Crippen LogP contribution is 2.25. The Hall–Kier alpha value is -0.660. The third kappa shape index (κ3) is 4.70. The smallest absolute Gasteiger partial charge is 0.151 e. The van der Waals surface area contributed by atoms with Crippen molar-refractivity contribution in [2.75, 3.05) is 31.2 Å². The van der Waals surface area contributed by atoms with E-state index in [2.05, 4.69) is 4.90 Å². The lowest BCUT2D eigenvalue weighted by molar-refractivity contribution is 0.0343. The van der Waals surface area contributed by atoms with Crippen molar-refractivity contribution in [2.45, 2.75) is 37.5 Å². The van der Waals surface area contributed by atoms with Crippen molar-refractivity contribution in [1.29, 1.82) is 0 Å². The number of rotatable bonds is 6. The summed E-state index contributed by atoms with van der Waals surface area (Å²) in [6.45, 7) is 1.84. The molecule has 2 aliphatic heterocycles. The number of nitrogens with zero attached hydrogens (tertiary/aromatic N) is 1. The molecule has 3 atom stereocenters. The van der Waals surface area contributed by atoms with Gasteiger partial charge in [-0.05, 0) is 37.0 Å². The topological polar surface area (TPSA) is 66.8 Å². The zero-order valence-corrected chi connectivity index (χ0v) is 15.2. The number of aliphatic hydroxyl groups is 1. The third-order valence-electron chi connectivity index (χ3n) is 4.85. The van der Waals surface area contributed by atoms with Crippen LogP contribution >= 0.6 is 11.6 Å². The molecule has 5 nitrogen and oxygen atoms in total. The Labute approximate surface area is 148 Å². The van der Waals surface area contributed by atoms with Crippen LogP contribution in [0.3, 0.4) is 0 Å². The maximum atomic E-state index is 11.8. The number of ether oxygens (including phenoxy) is 1. The SMILES string of the molecule is O=S1(=O)CCC(N(CC2CCCO2)C[C@@H](O)c2ccc(Cl)cc2)C1. The van der Waals surface area contributed by atoms with E-state index in [0.29, 0.717) is 24.5 Å². The number of sulfone groups is 1. The summed E-state index contributed by atoms with van der Waals surface area (Å²) >= 11 is 5.90. The predicted molar refractivity (Wildman–Crippen MR) is 94.0 cm³/mol. The second kappa shape index (κ2) is 7.70. The van der Waals surface area contributed by atoms with Crippen molar-refractivity contribution >= 4 is 21.4 Å². The summed E-state index contributed by atoms with van der Waals surface area (Å²) in [5.74, 6) is 0.407. The summed E-state index contributed by atoms with van der Waals surface area (Å²) in [5, 5.41) is 11.2. The predicted octanol–water partition coefficient (Wildman–Crippen LogP) is 2.04. The van der Waals surface area contributed by atoms with Gasteiger partial charge in [0.2, 0.25) is 0 Å². The summed E-state index contributed by atoms with van der Waals surface area (Å²) in [7, 11) is -2.96. The highest BCUT2D eigenvalue weighted by atomic mass is 35.5. The summed E-state index contributed by atoms with van der Waals surface area (Å²) in [6.07, 6.45) is 2.12. The minimum Gasteiger partial charge on any atom is -0.387 e. The van der Waals surface area contributed by atoms with Gasteiger partial charge in [-0.15, -0.1) is 0 Å². The van der Waals surface area contributed by atoms with Gasteiger partial charge in [-0.1, -0.05) is 23.7 Å². The lowest BCUT2D eigenvalue weighted by atomic mass is 10.1. The fourth-order valence-corrected chi connectivity index (χ4v) is 5.39. The Morgan fingerprint density at radius 1 is 1.29 bits per heavy atom. The van der Waals surface area contributed by atoms with E-state index in [-0.39, 0.29) is 23.7 Å². The Morgan fingerprint density at radius 2 is 2.04 bits per heavy atom. The molecule has 0 amide bonds. The molecule has 2 saturated heterocycles. The fraction of sp³-hybridized carbons (Fsp3) is 0.647. The molecule has 7 heteroatoms. The molecule has 0 aliphatic carbocycles. The molecular weight excluding hydrogens is 350 g/mol. The molecule has 134 valence electrons. The van der Waals surface area contributed by atoms with Crippen LogP contribution in [0.2, 0.25) is 5.02 Å². The van der Waals surface area contributed by atoms with E-state index in [1.807, 2.05) is 12.1 Å². The second-order valence-electron chi connectivity index (χ2n) is 6.71. The summed E-state index contributed by atoms with van der Waals surface area (Å²) in [4.78, 5) is 2.10. The molecule has 2 aliphatic rings. The van der Waals surface area contributed by atoms with E-state index in [4.69, 9.17) is 16.3 Å². The van der Waals surface area contributed by atoms with Crippen molar-refractivity contribution in [1.82, 2.24) is 4.90 Å². The van der Waals surface area contributed by atoms with Gasteiger partial charge in [0.1, 0.15) is 0 Å². The zero-order chi connectivity index (χ0) is 17.2. The van der Waals surface area contributed by atoms with Crippen LogP contribution in [0.5, 0.6) is 0 Å². The molecule has 2 heterocycles. The van der Waals surface area contributed by atoms with E-state index < -0.39 is 15.9 Å². The van der Waals surface area contributed by atoms with Crippen molar-refractivity contribution < 1.29 is 18.3 Å². The molecule has 1 N–H and O–H groups in total. The van der Waals surface area contributed by atoms with Gasteiger partial charge in [-0.2, -0.15) is 0 Å². The Bertz CT molecular complexity index is 643. The molecule has 2 unspecified atom stereocenters. The lowest BCUT2D eigenvalue weighted by Crippen LogP contribution is -2.43. The number of benzene rings is 1. The van der Waals surface area contributed by atoms with Crippen LogP contribution in [0.15, 0.2) is 24.3 Å². The fourth-order valence-electron chi connectivity index (χ4n) is 3.50. The quantitative estimate of drug-likeness (QED) is 0.826. The molecule has 0 spiro atoms. The first-order valence-corrected chi connectivity index (χ1v) is 10.6. The highest BCUT2D eigenvalue weighted by molar-refractivity contribution is 7.91. The first kappa shape index (κ1) is 18.1. The number of hydrogen-bond donors (Lipinski definition) is 1. The van der Waals surface area contributed by atoms with Gasteiger partial charge in [0.05, 0.1) is 23.7 Å². The lowest BCUT2D eigenvalue weighted by Gasteiger charge is -2.32. The molecule has 24 heavy (non-hydrogen) atoms. The van der Waals surface area contributed by atoms with Crippen LogP contribution in [-0.2, 0) is 14.6 Å². The Balaban J connectivity index is 1.69. The summed E-state index contributed by atoms with van der Waals surface area (Å²) < 4.78 is 29.4. The summed E-state index contributed by atoms with van der Waals surface area (Å²) in [5.41, 5.74) is 0.789. The highest BCUT2D eigenvalue weighted by Gasteiger charge is 2.34. The van der Waals surface area contributed by atoms with Crippen LogP contribution < -0.4 is 0 Å². The van der Waals surface area contributed by atoms with E-state index in [0.717, 1.165) is 25.0 Å². The monoisotopic (exact) mass is 373 g/mol. The van der Waals surface area contributed by atoms with Crippen LogP contribution in [0.1, 0.15) is 30.9 Å².